The van der Waals surface area contributed by atoms with Gasteiger partial charge in [-0.2, -0.15) is 11.8 Å². The first-order valence-electron chi connectivity index (χ1n) is 3.04. The highest BCUT2D eigenvalue weighted by Gasteiger charge is 2.08. The van der Waals surface area contributed by atoms with E-state index in [4.69, 9.17) is 0 Å². The lowest BCUT2D eigenvalue weighted by Crippen LogP contribution is -2.30. The Morgan fingerprint density at radius 2 is 2.00 bits per heavy atom. The van der Waals surface area contributed by atoms with E-state index in [2.05, 4.69) is 4.90 Å². The molecule has 2 nitrogen and oxygen atoms in total. The SMILES string of the molecule is O=C[CH]N1CCSCC1. The van der Waals surface area contributed by atoms with Crippen LogP contribution in [0.3, 0.4) is 0 Å². The lowest BCUT2D eigenvalue weighted by molar-refractivity contribution is -0.106. The first kappa shape index (κ1) is 7.09. The van der Waals surface area contributed by atoms with Crippen LogP contribution in [0, 0.1) is 6.54 Å². The van der Waals surface area contributed by atoms with Crippen LogP contribution in [0.4, 0.5) is 0 Å². The zero-order valence-electron chi connectivity index (χ0n) is 5.25. The molecule has 1 aliphatic heterocycles. The summed E-state index contributed by atoms with van der Waals surface area (Å²) in [5, 5.41) is 0. The maximum Gasteiger partial charge on any atom is 0.139 e. The molecule has 0 atom stereocenters. The summed E-state index contributed by atoms with van der Waals surface area (Å²) in [4.78, 5) is 12.0. The van der Waals surface area contributed by atoms with Gasteiger partial charge < -0.3 is 4.79 Å². The van der Waals surface area contributed by atoms with E-state index < -0.39 is 0 Å². The van der Waals surface area contributed by atoms with Gasteiger partial charge in [0.2, 0.25) is 0 Å². The quantitative estimate of drug-likeness (QED) is 0.523. The smallest absolute Gasteiger partial charge is 0.139 e. The summed E-state index contributed by atoms with van der Waals surface area (Å²) in [5.41, 5.74) is 0. The largest absolute Gasteiger partial charge is 0.302 e. The number of nitrogens with zero attached hydrogens (tertiary/aromatic N) is 1. The van der Waals surface area contributed by atoms with E-state index >= 15 is 0 Å². The third-order valence-electron chi connectivity index (χ3n) is 1.32. The number of carbonyl (C=O) groups excluding carboxylic acids is 1. The Morgan fingerprint density at radius 3 is 2.56 bits per heavy atom. The molecular weight excluding hydrogens is 134 g/mol. The second kappa shape index (κ2) is 3.90. The number of rotatable bonds is 2. The molecule has 1 fully saturated rings. The van der Waals surface area contributed by atoms with Gasteiger partial charge in [-0.15, -0.1) is 0 Å². The third kappa shape index (κ3) is 2.37. The van der Waals surface area contributed by atoms with Gasteiger partial charge in [-0.1, -0.05) is 0 Å². The van der Waals surface area contributed by atoms with E-state index in [-0.39, 0.29) is 0 Å². The van der Waals surface area contributed by atoms with E-state index in [1.54, 1.807) is 6.54 Å². The lowest BCUT2D eigenvalue weighted by Gasteiger charge is -2.22. The Kier molecular flexibility index (Phi) is 3.08. The van der Waals surface area contributed by atoms with Crippen LogP contribution in [-0.4, -0.2) is 35.8 Å². The van der Waals surface area contributed by atoms with Gasteiger partial charge in [0, 0.05) is 24.6 Å². The van der Waals surface area contributed by atoms with Gasteiger partial charge in [-0.3, -0.25) is 4.90 Å². The van der Waals surface area contributed by atoms with Crippen molar-refractivity contribution in [1.82, 2.24) is 4.90 Å². The molecule has 3 heteroatoms. The van der Waals surface area contributed by atoms with Crippen molar-refractivity contribution in [3.63, 3.8) is 0 Å². The molecule has 0 saturated carbocycles. The Morgan fingerprint density at radius 1 is 1.33 bits per heavy atom. The van der Waals surface area contributed by atoms with Crippen LogP contribution < -0.4 is 0 Å². The maximum absolute atomic E-state index is 9.97. The molecule has 0 aromatic heterocycles. The van der Waals surface area contributed by atoms with E-state index in [9.17, 15) is 4.79 Å². The average Bonchev–Trinajstić information content (AvgIpc) is 1.91. The highest BCUT2D eigenvalue weighted by Crippen LogP contribution is 2.08. The minimum absolute atomic E-state index is 0.857. The summed E-state index contributed by atoms with van der Waals surface area (Å²) < 4.78 is 0. The second-order valence-electron chi connectivity index (χ2n) is 1.93. The van der Waals surface area contributed by atoms with Gasteiger partial charge in [-0.25, -0.2) is 0 Å². The molecule has 0 spiro atoms. The predicted octanol–water partition coefficient (Wildman–Crippen LogP) is 0.396. The van der Waals surface area contributed by atoms with Gasteiger partial charge >= 0.3 is 0 Å². The molecular formula is C6H10NOS. The van der Waals surface area contributed by atoms with E-state index in [1.807, 2.05) is 11.8 Å². The molecule has 1 heterocycles. The number of hydrogen-bond acceptors (Lipinski definition) is 3. The van der Waals surface area contributed by atoms with Gasteiger partial charge in [0.25, 0.3) is 0 Å². The molecule has 1 aliphatic rings. The summed E-state index contributed by atoms with van der Waals surface area (Å²) in [6.07, 6.45) is 0.857. The highest BCUT2D eigenvalue weighted by molar-refractivity contribution is 7.99. The fourth-order valence-corrected chi connectivity index (χ4v) is 1.74. The van der Waals surface area contributed by atoms with Crippen LogP contribution in [-0.2, 0) is 4.79 Å². The first-order valence-corrected chi connectivity index (χ1v) is 4.19. The summed E-state index contributed by atoms with van der Waals surface area (Å²) in [5.74, 6) is 2.31. The molecule has 0 bridgehead atoms. The molecule has 0 aromatic carbocycles. The van der Waals surface area contributed by atoms with Gasteiger partial charge in [-0.05, 0) is 0 Å². The molecule has 51 valence electrons. The number of hydrogen-bond donors (Lipinski definition) is 0. The van der Waals surface area contributed by atoms with E-state index in [0.29, 0.717) is 0 Å². The van der Waals surface area contributed by atoms with Crippen molar-refractivity contribution >= 4 is 18.0 Å². The van der Waals surface area contributed by atoms with Gasteiger partial charge in [0.1, 0.15) is 6.29 Å². The van der Waals surface area contributed by atoms with Crippen LogP contribution in [0.5, 0.6) is 0 Å². The standard InChI is InChI=1S/C6H10NOS/c8-4-1-7-2-5-9-6-3-7/h1,4H,2-3,5-6H2. The van der Waals surface area contributed by atoms with E-state index in [1.165, 1.54) is 0 Å². The van der Waals surface area contributed by atoms with Gasteiger partial charge in [0.05, 0.1) is 6.54 Å². The number of aldehydes is 1. The van der Waals surface area contributed by atoms with Crippen molar-refractivity contribution < 1.29 is 4.79 Å². The van der Waals surface area contributed by atoms with Crippen molar-refractivity contribution in [2.75, 3.05) is 24.6 Å². The van der Waals surface area contributed by atoms with Crippen molar-refractivity contribution in [3.8, 4) is 0 Å². The van der Waals surface area contributed by atoms with Crippen molar-refractivity contribution in [2.45, 2.75) is 0 Å². The van der Waals surface area contributed by atoms with Crippen molar-refractivity contribution in [2.24, 2.45) is 0 Å². The Balaban J connectivity index is 2.15. The first-order chi connectivity index (χ1) is 4.43. The zero-order valence-corrected chi connectivity index (χ0v) is 6.06. The molecule has 9 heavy (non-hydrogen) atoms. The fourth-order valence-electron chi connectivity index (χ4n) is 0.813. The summed E-state index contributed by atoms with van der Waals surface area (Å²) in [7, 11) is 0. The molecule has 0 aliphatic carbocycles. The van der Waals surface area contributed by atoms with Crippen LogP contribution in [0.25, 0.3) is 0 Å². The summed E-state index contributed by atoms with van der Waals surface area (Å²) in [6.45, 7) is 3.69. The topological polar surface area (TPSA) is 20.3 Å². The average molecular weight is 144 g/mol. The van der Waals surface area contributed by atoms with Crippen LogP contribution in [0.2, 0.25) is 0 Å². The molecule has 1 radical (unpaired) electrons. The summed E-state index contributed by atoms with van der Waals surface area (Å²) in [6, 6.07) is 0. The normalized spacial score (nSPS) is 21.8. The minimum Gasteiger partial charge on any atom is -0.302 e. The van der Waals surface area contributed by atoms with E-state index in [0.717, 1.165) is 30.9 Å². The molecule has 1 rings (SSSR count). The number of thioether (sulfide) groups is 1. The molecule has 1 saturated heterocycles. The lowest BCUT2D eigenvalue weighted by atomic mass is 10.5. The Labute approximate surface area is 59.6 Å². The van der Waals surface area contributed by atoms with Crippen molar-refractivity contribution in [3.05, 3.63) is 6.54 Å². The zero-order chi connectivity index (χ0) is 6.53. The third-order valence-corrected chi connectivity index (χ3v) is 2.26. The second-order valence-corrected chi connectivity index (χ2v) is 3.16. The number of carbonyl (C=O) groups is 1. The molecule has 0 aromatic rings. The minimum atomic E-state index is 0.857. The molecule has 0 amide bonds. The predicted molar refractivity (Wildman–Crippen MR) is 39.3 cm³/mol. The summed E-state index contributed by atoms with van der Waals surface area (Å²) >= 11 is 1.95. The molecule has 0 unspecified atom stereocenters. The maximum atomic E-state index is 9.97. The Hall–Kier alpha value is -0.0200. The van der Waals surface area contributed by atoms with Crippen LogP contribution >= 0.6 is 11.8 Å². The van der Waals surface area contributed by atoms with Crippen LogP contribution in [0.15, 0.2) is 0 Å². The molecule has 0 N–H and O–H groups in total. The van der Waals surface area contributed by atoms with Crippen LogP contribution in [0.1, 0.15) is 0 Å². The fraction of sp³-hybridized carbons (Fsp3) is 0.667. The van der Waals surface area contributed by atoms with Gasteiger partial charge in [0.15, 0.2) is 0 Å². The Bertz CT molecular complexity index is 91.1. The monoisotopic (exact) mass is 144 g/mol. The van der Waals surface area contributed by atoms with Crippen molar-refractivity contribution in [1.29, 1.82) is 0 Å². The highest BCUT2D eigenvalue weighted by atomic mass is 32.2.